The van der Waals surface area contributed by atoms with Gasteiger partial charge in [0.2, 0.25) is 10.0 Å². The van der Waals surface area contributed by atoms with E-state index < -0.39 is 38.8 Å². The highest BCUT2D eigenvalue weighted by atomic mass is 35.5. The number of hydrogen-bond acceptors (Lipinski definition) is 5. The summed E-state index contributed by atoms with van der Waals surface area (Å²) in [5.41, 5.74) is -0.683. The molecule has 0 aromatic heterocycles. The number of amides is 1. The smallest absolute Gasteiger partial charge is 0.267 e. The van der Waals surface area contributed by atoms with Crippen LogP contribution in [0.4, 0.5) is 13.2 Å². The van der Waals surface area contributed by atoms with Crippen LogP contribution in [0.3, 0.4) is 0 Å². The maximum absolute atomic E-state index is 15.5. The topological polar surface area (TPSA) is 75.7 Å². The third kappa shape index (κ3) is 6.68. The summed E-state index contributed by atoms with van der Waals surface area (Å²) in [5.74, 6) is -2.20. The fraction of sp³-hybridized carbons (Fsp3) is 0.458. The molecule has 6 nitrogen and oxygen atoms in total. The minimum atomic E-state index is -3.85. The van der Waals surface area contributed by atoms with Crippen molar-refractivity contribution in [2.24, 2.45) is 0 Å². The van der Waals surface area contributed by atoms with Crippen LogP contribution in [0.15, 0.2) is 30.3 Å². The predicted octanol–water partition coefficient (Wildman–Crippen LogP) is 4.57. The number of sulfonamides is 1. The summed E-state index contributed by atoms with van der Waals surface area (Å²) in [6.45, 7) is 1.10. The first-order valence-electron chi connectivity index (χ1n) is 11.3. The molecule has 1 heterocycles. The van der Waals surface area contributed by atoms with E-state index >= 15 is 4.39 Å². The van der Waals surface area contributed by atoms with Crippen molar-refractivity contribution in [3.05, 3.63) is 63.7 Å². The Balaban J connectivity index is 1.40. The molecule has 0 unspecified atom stereocenters. The van der Waals surface area contributed by atoms with Gasteiger partial charge in [-0.25, -0.2) is 26.3 Å². The van der Waals surface area contributed by atoms with Gasteiger partial charge in [0.15, 0.2) is 0 Å². The molecular formula is C24H26ClF3N2O4S. The summed E-state index contributed by atoms with van der Waals surface area (Å²) in [7, 11) is -3.85. The fourth-order valence-corrected chi connectivity index (χ4v) is 4.84. The summed E-state index contributed by atoms with van der Waals surface area (Å²) >= 11 is 6.10. The molecule has 2 aliphatic rings. The van der Waals surface area contributed by atoms with E-state index in [1.165, 1.54) is 18.2 Å². The first-order chi connectivity index (χ1) is 16.4. The molecule has 11 heteroatoms. The minimum Gasteiger partial charge on any atom is -0.490 e. The van der Waals surface area contributed by atoms with Crippen LogP contribution >= 0.6 is 11.6 Å². The van der Waals surface area contributed by atoms with E-state index in [9.17, 15) is 22.0 Å². The molecule has 35 heavy (non-hydrogen) atoms. The zero-order valence-corrected chi connectivity index (χ0v) is 20.7. The molecule has 0 radical (unpaired) electrons. The molecule has 2 aromatic rings. The van der Waals surface area contributed by atoms with Crippen LogP contribution in [0, 0.1) is 11.6 Å². The molecule has 0 bridgehead atoms. The normalized spacial score (nSPS) is 18.3. The first-order valence-corrected chi connectivity index (χ1v) is 13.5. The van der Waals surface area contributed by atoms with Crippen LogP contribution in [0.25, 0.3) is 0 Å². The number of rotatable bonds is 8. The van der Waals surface area contributed by atoms with Crippen LogP contribution in [0.2, 0.25) is 5.02 Å². The van der Waals surface area contributed by atoms with Gasteiger partial charge in [0.05, 0.1) is 11.8 Å². The number of hydrogen-bond donors (Lipinski definition) is 1. The number of nitrogens with zero attached hydrogens (tertiary/aromatic N) is 1. The Hall–Kier alpha value is -2.30. The third-order valence-corrected chi connectivity index (χ3v) is 7.19. The van der Waals surface area contributed by atoms with Crippen molar-refractivity contribution < 1.29 is 31.1 Å². The van der Waals surface area contributed by atoms with E-state index in [4.69, 9.17) is 16.3 Å². The van der Waals surface area contributed by atoms with Gasteiger partial charge in [-0.15, -0.1) is 0 Å². The molecular weight excluding hydrogens is 505 g/mol. The van der Waals surface area contributed by atoms with Gasteiger partial charge in [-0.3, -0.25) is 9.69 Å². The molecule has 1 saturated heterocycles. The second-order valence-corrected chi connectivity index (χ2v) is 11.5. The number of piperidine rings is 1. The molecule has 1 saturated carbocycles. The highest BCUT2D eigenvalue weighted by Crippen LogP contribution is 2.45. The lowest BCUT2D eigenvalue weighted by Gasteiger charge is -2.36. The van der Waals surface area contributed by atoms with Crippen LogP contribution in [0.5, 0.6) is 5.75 Å². The average molecular weight is 531 g/mol. The molecule has 1 aliphatic carbocycles. The SMILES string of the molecule is CS(=O)(=O)NC(=O)c1cc(C2CC2)c(OCC2(F)CCN(Cc3ccc(F)cc3Cl)CC2)cc1F. The number of carbonyl (C=O) groups excluding carboxylic acids is 1. The molecule has 0 atom stereocenters. The van der Waals surface area contributed by atoms with Gasteiger partial charge in [-0.05, 0) is 60.9 Å². The van der Waals surface area contributed by atoms with Gasteiger partial charge in [-0.2, -0.15) is 0 Å². The number of benzene rings is 2. The molecule has 4 rings (SSSR count). The summed E-state index contributed by atoms with van der Waals surface area (Å²) in [4.78, 5) is 14.2. The van der Waals surface area contributed by atoms with Crippen LogP contribution < -0.4 is 9.46 Å². The van der Waals surface area contributed by atoms with Crippen LogP contribution in [0.1, 0.15) is 53.1 Å². The zero-order chi connectivity index (χ0) is 25.4. The van der Waals surface area contributed by atoms with Gasteiger partial charge in [0.1, 0.15) is 29.7 Å². The molecule has 1 amide bonds. The summed E-state index contributed by atoms with van der Waals surface area (Å²) < 4.78 is 73.6. The Labute approximate surface area is 207 Å². The fourth-order valence-electron chi connectivity index (χ4n) is 4.16. The Morgan fingerprint density at radius 2 is 1.89 bits per heavy atom. The van der Waals surface area contributed by atoms with Crippen molar-refractivity contribution >= 4 is 27.5 Å². The zero-order valence-electron chi connectivity index (χ0n) is 19.1. The molecule has 2 fully saturated rings. The summed E-state index contributed by atoms with van der Waals surface area (Å²) in [6.07, 6.45) is 2.83. The largest absolute Gasteiger partial charge is 0.490 e. The van der Waals surface area contributed by atoms with Crippen LogP contribution in [-0.2, 0) is 16.6 Å². The molecule has 0 spiro atoms. The lowest BCUT2D eigenvalue weighted by atomic mass is 9.93. The maximum atomic E-state index is 15.5. The molecule has 2 aromatic carbocycles. The van der Waals surface area contributed by atoms with E-state index in [1.807, 2.05) is 4.90 Å². The molecule has 1 aliphatic heterocycles. The van der Waals surface area contributed by atoms with E-state index in [2.05, 4.69) is 0 Å². The average Bonchev–Trinajstić information content (AvgIpc) is 3.60. The van der Waals surface area contributed by atoms with Crippen molar-refractivity contribution in [1.82, 2.24) is 9.62 Å². The van der Waals surface area contributed by atoms with E-state index in [0.717, 1.165) is 30.7 Å². The maximum Gasteiger partial charge on any atom is 0.267 e. The lowest BCUT2D eigenvalue weighted by Crippen LogP contribution is -2.44. The minimum absolute atomic E-state index is 0.0493. The Bertz CT molecular complexity index is 1230. The number of carbonyl (C=O) groups is 1. The second kappa shape index (κ2) is 9.99. The number of nitrogens with one attached hydrogen (secondary N) is 1. The van der Waals surface area contributed by atoms with Crippen molar-refractivity contribution in [3.8, 4) is 5.75 Å². The third-order valence-electron chi connectivity index (χ3n) is 6.29. The Morgan fingerprint density at radius 3 is 2.49 bits per heavy atom. The first kappa shape index (κ1) is 25.8. The van der Waals surface area contributed by atoms with E-state index in [0.29, 0.717) is 30.2 Å². The standard InChI is InChI=1S/C24H26ClF3N2O4S/c1-35(32,33)29-23(31)19-11-18(15-2-3-15)22(12-21(19)27)34-14-24(28)6-8-30(9-7-24)13-16-4-5-17(26)10-20(16)25/h4-5,10-12,15H,2-3,6-9,13-14H2,1H3,(H,29,31). The van der Waals surface area contributed by atoms with Gasteiger partial charge >= 0.3 is 0 Å². The van der Waals surface area contributed by atoms with Gasteiger partial charge in [-0.1, -0.05) is 17.7 Å². The quantitative estimate of drug-likeness (QED) is 0.541. The monoisotopic (exact) mass is 530 g/mol. The van der Waals surface area contributed by atoms with E-state index in [-0.39, 0.29) is 31.1 Å². The highest BCUT2D eigenvalue weighted by molar-refractivity contribution is 7.89. The molecule has 1 N–H and O–H groups in total. The Morgan fingerprint density at radius 1 is 1.20 bits per heavy atom. The number of halogens is 4. The Kier molecular flexibility index (Phi) is 7.36. The van der Waals surface area contributed by atoms with Crippen LogP contribution in [-0.4, -0.2) is 50.8 Å². The number of likely N-dealkylation sites (tertiary alicyclic amines) is 1. The lowest BCUT2D eigenvalue weighted by molar-refractivity contribution is 0.0148. The summed E-state index contributed by atoms with van der Waals surface area (Å²) in [6, 6.07) is 6.53. The van der Waals surface area contributed by atoms with E-state index in [1.54, 1.807) is 10.8 Å². The van der Waals surface area contributed by atoms with Crippen molar-refractivity contribution in [2.45, 2.75) is 43.8 Å². The van der Waals surface area contributed by atoms with Gasteiger partial charge < -0.3 is 4.74 Å². The van der Waals surface area contributed by atoms with Gasteiger partial charge in [0, 0.05) is 30.7 Å². The number of ether oxygens (including phenoxy) is 1. The van der Waals surface area contributed by atoms with Crippen molar-refractivity contribution in [1.29, 1.82) is 0 Å². The molecule has 190 valence electrons. The van der Waals surface area contributed by atoms with Crippen molar-refractivity contribution in [2.75, 3.05) is 26.0 Å². The van der Waals surface area contributed by atoms with Gasteiger partial charge in [0.25, 0.3) is 5.91 Å². The number of alkyl halides is 1. The second-order valence-electron chi connectivity index (χ2n) is 9.30. The van der Waals surface area contributed by atoms with Crippen molar-refractivity contribution in [3.63, 3.8) is 0 Å². The predicted molar refractivity (Wildman–Crippen MR) is 126 cm³/mol. The highest BCUT2D eigenvalue weighted by Gasteiger charge is 2.37. The summed E-state index contributed by atoms with van der Waals surface area (Å²) in [5, 5.41) is 0.328.